The van der Waals surface area contributed by atoms with Gasteiger partial charge in [-0.05, 0) is 44.9 Å². The van der Waals surface area contributed by atoms with Crippen LogP contribution in [0.2, 0.25) is 0 Å². The predicted octanol–water partition coefficient (Wildman–Crippen LogP) is 3.62. The number of carbonyl (C=O) groups is 1. The summed E-state index contributed by atoms with van der Waals surface area (Å²) in [6.45, 7) is 6.39. The summed E-state index contributed by atoms with van der Waals surface area (Å²) >= 11 is 1.30. The fourth-order valence-electron chi connectivity index (χ4n) is 4.20. The van der Waals surface area contributed by atoms with E-state index in [1.807, 2.05) is 38.1 Å². The highest BCUT2D eigenvalue weighted by atomic mass is 32.2. The van der Waals surface area contributed by atoms with Crippen LogP contribution in [0, 0.1) is 13.8 Å². The lowest BCUT2D eigenvalue weighted by Crippen LogP contribution is -2.25. The molecule has 0 amide bonds. The van der Waals surface area contributed by atoms with Gasteiger partial charge in [-0.1, -0.05) is 23.9 Å². The molecule has 7 nitrogen and oxygen atoms in total. The van der Waals surface area contributed by atoms with E-state index in [1.165, 1.54) is 11.8 Å². The Hall–Kier alpha value is -2.42. The van der Waals surface area contributed by atoms with Crippen LogP contribution < -0.4 is 5.56 Å². The molecule has 32 heavy (non-hydrogen) atoms. The van der Waals surface area contributed by atoms with Gasteiger partial charge in [-0.15, -0.1) is 0 Å². The first-order valence-electron chi connectivity index (χ1n) is 10.9. The molecule has 1 aliphatic rings. The number of para-hydroxylation sites is 1. The zero-order valence-electron chi connectivity index (χ0n) is 18.8. The molecule has 0 radical (unpaired) electrons. The number of ketones is 1. The van der Waals surface area contributed by atoms with Crippen LogP contribution in [0.4, 0.5) is 0 Å². The number of nitrogens with zero attached hydrogens (tertiary/aromatic N) is 3. The molecule has 3 heterocycles. The largest absolute Gasteiger partial charge is 0.383 e. The fraction of sp³-hybridized carbons (Fsp3) is 0.458. The van der Waals surface area contributed by atoms with Gasteiger partial charge in [-0.2, -0.15) is 0 Å². The number of thioether (sulfide) groups is 1. The van der Waals surface area contributed by atoms with Crippen LogP contribution in [0.5, 0.6) is 0 Å². The van der Waals surface area contributed by atoms with Crippen molar-refractivity contribution in [3.63, 3.8) is 0 Å². The number of hydrogen-bond acceptors (Lipinski definition) is 6. The van der Waals surface area contributed by atoms with Crippen molar-refractivity contribution in [1.29, 1.82) is 0 Å². The summed E-state index contributed by atoms with van der Waals surface area (Å²) < 4.78 is 14.7. The average molecular weight is 456 g/mol. The van der Waals surface area contributed by atoms with Gasteiger partial charge in [-0.3, -0.25) is 14.2 Å². The SMILES string of the molecule is COCCn1c(SCC(=O)c2cc(C)n(C[C@H]3CCCO3)c2C)nc2ccccc2c1=O. The third-order valence-corrected chi connectivity index (χ3v) is 6.94. The molecule has 0 spiro atoms. The molecule has 1 fully saturated rings. The third-order valence-electron chi connectivity index (χ3n) is 5.96. The molecule has 1 aliphatic heterocycles. The maximum Gasteiger partial charge on any atom is 0.262 e. The Morgan fingerprint density at radius 3 is 2.84 bits per heavy atom. The molecule has 0 unspecified atom stereocenters. The summed E-state index contributed by atoms with van der Waals surface area (Å²) in [6.07, 6.45) is 2.37. The van der Waals surface area contributed by atoms with E-state index in [0.29, 0.717) is 29.2 Å². The molecule has 4 rings (SSSR count). The van der Waals surface area contributed by atoms with Crippen molar-refractivity contribution in [1.82, 2.24) is 14.1 Å². The van der Waals surface area contributed by atoms with Gasteiger partial charge >= 0.3 is 0 Å². The number of benzene rings is 1. The van der Waals surface area contributed by atoms with Crippen molar-refractivity contribution >= 4 is 28.4 Å². The van der Waals surface area contributed by atoms with Gasteiger partial charge in [0.15, 0.2) is 10.9 Å². The first kappa shape index (κ1) is 22.8. The molecule has 1 saturated heterocycles. The molecule has 8 heteroatoms. The molecule has 3 aromatic rings. The summed E-state index contributed by atoms with van der Waals surface area (Å²) in [5.41, 5.74) is 3.27. The Kier molecular flexibility index (Phi) is 7.13. The van der Waals surface area contributed by atoms with Crippen LogP contribution in [0.3, 0.4) is 0 Å². The van der Waals surface area contributed by atoms with E-state index in [0.717, 1.165) is 42.9 Å². The summed E-state index contributed by atoms with van der Waals surface area (Å²) in [5, 5.41) is 1.10. The van der Waals surface area contributed by atoms with Crippen LogP contribution in [-0.4, -0.2) is 52.1 Å². The number of ether oxygens (including phenoxy) is 2. The van der Waals surface area contributed by atoms with Gasteiger partial charge in [-0.25, -0.2) is 4.98 Å². The highest BCUT2D eigenvalue weighted by Crippen LogP contribution is 2.24. The molecule has 0 aliphatic carbocycles. The molecular weight excluding hydrogens is 426 g/mol. The first-order chi connectivity index (χ1) is 15.5. The molecular formula is C24H29N3O4S. The van der Waals surface area contributed by atoms with Crippen molar-refractivity contribution in [2.45, 2.75) is 51.0 Å². The summed E-state index contributed by atoms with van der Waals surface area (Å²) in [4.78, 5) is 30.8. The van der Waals surface area contributed by atoms with Crippen molar-refractivity contribution in [3.8, 4) is 0 Å². The number of aromatic nitrogens is 3. The lowest BCUT2D eigenvalue weighted by Gasteiger charge is -2.15. The predicted molar refractivity (Wildman–Crippen MR) is 126 cm³/mol. The van der Waals surface area contributed by atoms with Crippen molar-refractivity contribution < 1.29 is 14.3 Å². The quantitative estimate of drug-likeness (QED) is 0.279. The Morgan fingerprint density at radius 2 is 2.09 bits per heavy atom. The minimum Gasteiger partial charge on any atom is -0.383 e. The molecule has 1 aromatic carbocycles. The number of methoxy groups -OCH3 is 1. The third kappa shape index (κ3) is 4.67. The van der Waals surface area contributed by atoms with Crippen LogP contribution in [0.1, 0.15) is 34.6 Å². The number of rotatable bonds is 9. The zero-order valence-corrected chi connectivity index (χ0v) is 19.6. The highest BCUT2D eigenvalue weighted by molar-refractivity contribution is 7.99. The lowest BCUT2D eigenvalue weighted by atomic mass is 10.2. The van der Waals surface area contributed by atoms with Gasteiger partial charge in [0.25, 0.3) is 5.56 Å². The van der Waals surface area contributed by atoms with E-state index in [-0.39, 0.29) is 23.2 Å². The van der Waals surface area contributed by atoms with Gasteiger partial charge in [0.05, 0.1) is 35.9 Å². The summed E-state index contributed by atoms with van der Waals surface area (Å²) in [5.74, 6) is 0.240. The Labute approximate surface area is 191 Å². The minimum absolute atomic E-state index is 0.0300. The smallest absolute Gasteiger partial charge is 0.262 e. The van der Waals surface area contributed by atoms with Crippen molar-refractivity contribution in [2.75, 3.05) is 26.1 Å². The van der Waals surface area contributed by atoms with E-state index in [2.05, 4.69) is 9.55 Å². The molecule has 0 N–H and O–H groups in total. The van der Waals surface area contributed by atoms with Crippen LogP contribution >= 0.6 is 11.8 Å². The second-order valence-corrected chi connectivity index (χ2v) is 9.05. The normalized spacial score (nSPS) is 16.2. The van der Waals surface area contributed by atoms with Crippen molar-refractivity contribution in [2.24, 2.45) is 0 Å². The lowest BCUT2D eigenvalue weighted by molar-refractivity contribution is 0.0957. The topological polar surface area (TPSA) is 75.3 Å². The van der Waals surface area contributed by atoms with E-state index in [9.17, 15) is 9.59 Å². The second-order valence-electron chi connectivity index (χ2n) is 8.10. The number of carbonyl (C=O) groups excluding carboxylic acids is 1. The van der Waals surface area contributed by atoms with Gasteiger partial charge < -0.3 is 14.0 Å². The molecule has 0 bridgehead atoms. The Balaban J connectivity index is 1.55. The van der Waals surface area contributed by atoms with Crippen molar-refractivity contribution in [3.05, 3.63) is 57.6 Å². The van der Waals surface area contributed by atoms with Crippen LogP contribution in [-0.2, 0) is 22.6 Å². The minimum atomic E-state index is -0.114. The number of aryl methyl sites for hydroxylation is 1. The number of fused-ring (bicyclic) bond motifs is 1. The van der Waals surface area contributed by atoms with E-state index in [4.69, 9.17) is 9.47 Å². The first-order valence-corrected chi connectivity index (χ1v) is 11.9. The standard InChI is InChI=1S/C24H29N3O4S/c1-16-13-20(17(2)27(16)14-18-7-6-11-31-18)22(28)15-32-24-25-21-9-5-4-8-19(21)23(29)26(24)10-12-30-3/h4-5,8-9,13,18H,6-7,10-12,14-15H2,1-3H3/t18-/m1/s1. The van der Waals surface area contributed by atoms with E-state index in [1.54, 1.807) is 17.7 Å². The maximum atomic E-state index is 13.1. The zero-order chi connectivity index (χ0) is 22.7. The summed E-state index contributed by atoms with van der Waals surface area (Å²) in [6, 6.07) is 9.24. The van der Waals surface area contributed by atoms with Gasteiger partial charge in [0.2, 0.25) is 0 Å². The fourth-order valence-corrected chi connectivity index (χ4v) is 5.11. The Morgan fingerprint density at radius 1 is 1.28 bits per heavy atom. The molecule has 0 saturated carbocycles. The summed E-state index contributed by atoms with van der Waals surface area (Å²) in [7, 11) is 1.60. The van der Waals surface area contributed by atoms with Crippen LogP contribution in [0.15, 0.2) is 40.3 Å². The van der Waals surface area contributed by atoms with Gasteiger partial charge in [0, 0.05) is 37.2 Å². The molecule has 170 valence electrons. The molecule has 1 atom stereocenters. The van der Waals surface area contributed by atoms with Gasteiger partial charge in [0.1, 0.15) is 0 Å². The average Bonchev–Trinajstić information content (AvgIpc) is 3.41. The highest BCUT2D eigenvalue weighted by Gasteiger charge is 2.22. The second kappa shape index (κ2) is 10.0. The monoisotopic (exact) mass is 455 g/mol. The number of hydrogen-bond donors (Lipinski definition) is 0. The Bertz CT molecular complexity index is 1180. The van der Waals surface area contributed by atoms with E-state index < -0.39 is 0 Å². The van der Waals surface area contributed by atoms with E-state index >= 15 is 0 Å². The number of Topliss-reactive ketones (excluding diaryl/α,β-unsaturated/α-hetero) is 1. The van der Waals surface area contributed by atoms with Crippen LogP contribution in [0.25, 0.3) is 10.9 Å². The maximum absolute atomic E-state index is 13.1. The molecule has 2 aromatic heterocycles.